The molecule has 0 amide bonds. The van der Waals surface area contributed by atoms with Crippen LogP contribution in [0, 0.1) is 0 Å². The smallest absolute Gasteiger partial charge is 0.873 e. The molecule has 0 N–H and O–H groups in total. The maximum Gasteiger partial charge on any atom is 2.00 e. The minimum atomic E-state index is -0.438. The van der Waals surface area contributed by atoms with E-state index in [0.29, 0.717) is 16.9 Å². The molecule has 3 aromatic rings. The van der Waals surface area contributed by atoms with E-state index >= 15 is 0 Å². The summed E-state index contributed by atoms with van der Waals surface area (Å²) >= 11 is 0. The third-order valence-corrected chi connectivity index (χ3v) is 6.26. The molecule has 0 unspecified atom stereocenters. The van der Waals surface area contributed by atoms with E-state index in [1.807, 2.05) is 66.7 Å². The number of hydrogen-bond donors (Lipinski definition) is 0. The van der Waals surface area contributed by atoms with Gasteiger partial charge in [-0.15, -0.1) is 11.5 Å². The number of aryl methyl sites for hydroxylation is 2. The molecule has 0 spiro atoms. The molecule has 0 bridgehead atoms. The standard InChI is InChI=1S/C17H20N2.C15H24O3.Ni/c1-4-14-9-8-10-15(5-2)17(14)19-13(3)16-11-6-7-12-18-16;1-14(2,3)9-8-10(18-7)11(15(4,5)6)13(17)12(9)16;/h6-12H,4-5H2,1-3H3;8,16-17H,1-7H3;/q;;+2/p-2. The first-order valence-electron chi connectivity index (χ1n) is 12.9. The Labute approximate surface area is 239 Å². The zero-order chi connectivity index (χ0) is 28.0. The summed E-state index contributed by atoms with van der Waals surface area (Å²) in [6, 6.07) is 14.1. The van der Waals surface area contributed by atoms with Crippen LogP contribution < -0.4 is 14.9 Å². The van der Waals surface area contributed by atoms with Crippen LogP contribution in [0.5, 0.6) is 17.2 Å². The third-order valence-electron chi connectivity index (χ3n) is 6.26. The molecule has 3 rings (SSSR count). The Kier molecular flexibility index (Phi) is 12.1. The predicted octanol–water partition coefficient (Wildman–Crippen LogP) is 6.78. The van der Waals surface area contributed by atoms with Crippen LogP contribution in [0.2, 0.25) is 0 Å². The summed E-state index contributed by atoms with van der Waals surface area (Å²) in [6.07, 6.45) is 3.81. The van der Waals surface area contributed by atoms with Gasteiger partial charge in [-0.3, -0.25) is 9.98 Å². The molecule has 1 aromatic heterocycles. The van der Waals surface area contributed by atoms with Gasteiger partial charge in [0.1, 0.15) is 5.75 Å². The van der Waals surface area contributed by atoms with Crippen molar-refractivity contribution in [3.63, 3.8) is 0 Å². The van der Waals surface area contributed by atoms with Crippen molar-refractivity contribution in [1.29, 1.82) is 0 Å². The van der Waals surface area contributed by atoms with Gasteiger partial charge >= 0.3 is 16.5 Å². The molecule has 0 saturated carbocycles. The third kappa shape index (κ3) is 8.07. The van der Waals surface area contributed by atoms with E-state index in [1.54, 1.807) is 12.3 Å². The van der Waals surface area contributed by atoms with E-state index in [0.717, 1.165) is 29.9 Å². The van der Waals surface area contributed by atoms with Crippen LogP contribution in [0.3, 0.4) is 0 Å². The Morgan fingerprint density at radius 2 is 1.45 bits per heavy atom. The van der Waals surface area contributed by atoms with Gasteiger partial charge in [-0.2, -0.15) is 0 Å². The van der Waals surface area contributed by atoms with E-state index in [-0.39, 0.29) is 21.9 Å². The van der Waals surface area contributed by atoms with Crippen molar-refractivity contribution in [3.05, 3.63) is 76.6 Å². The van der Waals surface area contributed by atoms with E-state index in [2.05, 4.69) is 37.0 Å². The Bertz CT molecular complexity index is 1200. The second kappa shape index (κ2) is 13.8. The van der Waals surface area contributed by atoms with Gasteiger partial charge in [0.2, 0.25) is 0 Å². The van der Waals surface area contributed by atoms with Gasteiger partial charge in [-0.25, -0.2) is 0 Å². The SMILES string of the molecule is CCc1cccc(CC)c1N=C(C)c1ccccn1.COc1cc(C(C)(C)C)c([O-])c([O-])c1C(C)(C)C.[Ni+2]. The summed E-state index contributed by atoms with van der Waals surface area (Å²) in [4.78, 5) is 9.18. The number of rotatable bonds is 5. The maximum atomic E-state index is 12.3. The number of nitrogens with zero attached hydrogens (tertiary/aromatic N) is 2. The second-order valence-electron chi connectivity index (χ2n) is 11.2. The fraction of sp³-hybridized carbons (Fsp3) is 0.438. The van der Waals surface area contributed by atoms with Crippen LogP contribution >= 0.6 is 0 Å². The van der Waals surface area contributed by atoms with Crippen molar-refractivity contribution in [3.8, 4) is 17.2 Å². The normalized spacial score (nSPS) is 11.8. The number of benzene rings is 2. The molecular weight excluding hydrogens is 519 g/mol. The molecule has 0 radical (unpaired) electrons. The molecule has 1 heterocycles. The van der Waals surface area contributed by atoms with Crippen LogP contribution in [-0.2, 0) is 40.2 Å². The molecule has 0 saturated heterocycles. The van der Waals surface area contributed by atoms with Crippen molar-refractivity contribution in [2.45, 2.75) is 86.0 Å². The number of aliphatic imine (C=N–C) groups is 1. The summed E-state index contributed by atoms with van der Waals surface area (Å²) in [5, 5.41) is 24.5. The van der Waals surface area contributed by atoms with Crippen molar-refractivity contribution in [2.24, 2.45) is 4.99 Å². The minimum Gasteiger partial charge on any atom is -0.873 e. The average Bonchev–Trinajstić information content (AvgIpc) is 2.84. The number of ether oxygens (including phenoxy) is 1. The number of hydrogen-bond acceptors (Lipinski definition) is 5. The molecule has 0 aliphatic heterocycles. The zero-order valence-electron chi connectivity index (χ0n) is 24.5. The molecule has 0 atom stereocenters. The van der Waals surface area contributed by atoms with Crippen LogP contribution in [-0.4, -0.2) is 17.8 Å². The van der Waals surface area contributed by atoms with Gasteiger partial charge in [-0.05, 0) is 71.0 Å². The summed E-state index contributed by atoms with van der Waals surface area (Å²) in [7, 11) is 1.53. The fourth-order valence-corrected chi connectivity index (χ4v) is 4.21. The molecule has 38 heavy (non-hydrogen) atoms. The van der Waals surface area contributed by atoms with E-state index in [4.69, 9.17) is 9.73 Å². The Hall–Kier alpha value is -2.85. The summed E-state index contributed by atoms with van der Waals surface area (Å²) in [5.41, 5.74) is 5.84. The minimum absolute atomic E-state index is 0. The maximum absolute atomic E-state index is 12.3. The topological polar surface area (TPSA) is 80.6 Å². The predicted molar refractivity (Wildman–Crippen MR) is 151 cm³/mol. The summed E-state index contributed by atoms with van der Waals surface area (Å²) < 4.78 is 5.30. The summed E-state index contributed by atoms with van der Waals surface area (Å²) in [6.45, 7) is 17.8. The first-order chi connectivity index (χ1) is 17.3. The average molecular weight is 561 g/mol. The van der Waals surface area contributed by atoms with Gasteiger partial charge in [0.05, 0.1) is 24.2 Å². The van der Waals surface area contributed by atoms with Gasteiger partial charge in [0.25, 0.3) is 0 Å². The molecule has 0 aliphatic rings. The Morgan fingerprint density at radius 1 is 0.868 bits per heavy atom. The zero-order valence-corrected chi connectivity index (χ0v) is 25.5. The molecule has 0 aliphatic carbocycles. The van der Waals surface area contributed by atoms with Crippen molar-refractivity contribution in [2.75, 3.05) is 7.11 Å². The molecule has 5 nitrogen and oxygen atoms in total. The van der Waals surface area contributed by atoms with Crippen molar-refractivity contribution in [1.82, 2.24) is 4.98 Å². The van der Waals surface area contributed by atoms with Gasteiger partial charge in [0.15, 0.2) is 0 Å². The number of pyridine rings is 1. The number of para-hydroxylation sites is 1. The second-order valence-corrected chi connectivity index (χ2v) is 11.2. The van der Waals surface area contributed by atoms with E-state index < -0.39 is 16.9 Å². The largest absolute Gasteiger partial charge is 2.00 e. The van der Waals surface area contributed by atoms with Crippen LogP contribution in [0.4, 0.5) is 5.69 Å². The number of methoxy groups -OCH3 is 1. The van der Waals surface area contributed by atoms with E-state index in [9.17, 15) is 10.2 Å². The first-order valence-corrected chi connectivity index (χ1v) is 12.9. The molecule has 2 aromatic carbocycles. The molecule has 208 valence electrons. The van der Waals surface area contributed by atoms with E-state index in [1.165, 1.54) is 18.2 Å². The Morgan fingerprint density at radius 3 is 1.87 bits per heavy atom. The van der Waals surface area contributed by atoms with Crippen molar-refractivity contribution < 1.29 is 31.4 Å². The van der Waals surface area contributed by atoms with Crippen molar-refractivity contribution >= 4 is 11.4 Å². The first kappa shape index (κ1) is 33.2. The molecule has 6 heteroatoms. The van der Waals surface area contributed by atoms with Crippen LogP contribution in [0.25, 0.3) is 0 Å². The molecular formula is C32H42N2NiO3. The van der Waals surface area contributed by atoms with Gasteiger partial charge in [0, 0.05) is 6.20 Å². The van der Waals surface area contributed by atoms with Crippen LogP contribution in [0.15, 0.2) is 53.7 Å². The quantitative estimate of drug-likeness (QED) is 0.254. The van der Waals surface area contributed by atoms with Crippen LogP contribution in [0.1, 0.15) is 90.3 Å². The molecule has 0 fully saturated rings. The van der Waals surface area contributed by atoms with Gasteiger partial charge in [-0.1, -0.05) is 79.7 Å². The Balaban J connectivity index is 0.000000371. The number of aromatic nitrogens is 1. The monoisotopic (exact) mass is 560 g/mol. The fourth-order valence-electron chi connectivity index (χ4n) is 4.21. The van der Waals surface area contributed by atoms with Gasteiger partial charge < -0.3 is 14.9 Å². The summed E-state index contributed by atoms with van der Waals surface area (Å²) in [5.74, 6) is -0.336.